The van der Waals surface area contributed by atoms with Gasteiger partial charge in [0, 0.05) is 7.11 Å². The van der Waals surface area contributed by atoms with Gasteiger partial charge in [-0.3, -0.25) is 9.59 Å². The van der Waals surface area contributed by atoms with Crippen molar-refractivity contribution in [1.82, 2.24) is 20.6 Å². The molecule has 4 rings (SSSR count). The maximum Gasteiger partial charge on any atom is 0.287 e. The molecule has 1 amide bonds. The van der Waals surface area contributed by atoms with Crippen molar-refractivity contribution in [2.45, 2.75) is 25.0 Å². The lowest BCUT2D eigenvalue weighted by molar-refractivity contribution is 0.0124. The van der Waals surface area contributed by atoms with E-state index in [-0.39, 0.29) is 41.8 Å². The summed E-state index contributed by atoms with van der Waals surface area (Å²) in [6.07, 6.45) is 1.79. The van der Waals surface area contributed by atoms with Crippen molar-refractivity contribution in [3.63, 3.8) is 0 Å². The lowest BCUT2D eigenvalue weighted by atomic mass is 9.77. The molecule has 140 valence electrons. The zero-order chi connectivity index (χ0) is 17.4. The summed E-state index contributed by atoms with van der Waals surface area (Å²) in [6, 6.07) is 6.92. The molecule has 1 aromatic carbocycles. The number of amides is 1. The number of aromatic nitrogens is 2. The number of carbonyl (C=O) groups is 1. The number of nitrogens with zero attached hydrogens (tertiary/aromatic N) is 1. The number of hydrogen-bond acceptors (Lipinski definition) is 5. The number of hydrogen-bond donors (Lipinski definition) is 3. The molecule has 2 heterocycles. The average Bonchev–Trinajstić information content (AvgIpc) is 3.08. The van der Waals surface area contributed by atoms with Crippen LogP contribution >= 0.6 is 12.4 Å². The van der Waals surface area contributed by atoms with Crippen LogP contribution in [0.25, 0.3) is 10.9 Å². The molecule has 1 aliphatic heterocycles. The molecule has 1 aliphatic carbocycles. The lowest BCUT2D eigenvalue weighted by Crippen LogP contribution is -2.50. The van der Waals surface area contributed by atoms with E-state index in [9.17, 15) is 9.59 Å². The highest BCUT2D eigenvalue weighted by molar-refractivity contribution is 5.92. The second kappa shape index (κ2) is 7.73. The van der Waals surface area contributed by atoms with E-state index >= 15 is 0 Å². The highest BCUT2D eigenvalue weighted by Gasteiger charge is 2.40. The van der Waals surface area contributed by atoms with Crippen molar-refractivity contribution in [2.75, 3.05) is 20.2 Å². The summed E-state index contributed by atoms with van der Waals surface area (Å²) in [4.78, 5) is 31.7. The molecule has 3 N–H and O–H groups in total. The van der Waals surface area contributed by atoms with E-state index in [4.69, 9.17) is 4.74 Å². The third kappa shape index (κ3) is 3.47. The highest BCUT2D eigenvalue weighted by atomic mass is 35.5. The van der Waals surface area contributed by atoms with Gasteiger partial charge in [0.05, 0.1) is 23.0 Å². The molecule has 26 heavy (non-hydrogen) atoms. The van der Waals surface area contributed by atoms with Crippen LogP contribution in [0.15, 0.2) is 29.1 Å². The van der Waals surface area contributed by atoms with Crippen LogP contribution in [0.3, 0.4) is 0 Å². The van der Waals surface area contributed by atoms with Gasteiger partial charge in [-0.05, 0) is 49.9 Å². The summed E-state index contributed by atoms with van der Waals surface area (Å²) in [5.74, 6) is 0.849. The monoisotopic (exact) mass is 378 g/mol. The second-order valence-electron chi connectivity index (χ2n) is 6.94. The first-order valence-corrected chi connectivity index (χ1v) is 8.69. The standard InChI is InChI=1S/C18H22N4O3.ClH/c1-25-15-7-11-9-19-8-10(11)6-14(15)21-18(24)16-20-13-5-3-2-4-12(13)17(23)22-16;/h2-5,10-11,14-15,19H,6-9H2,1H3,(H,21,24)(H,20,22,23);1H/t10-,11+,14-,15-;/m0./s1. The summed E-state index contributed by atoms with van der Waals surface area (Å²) in [6.45, 7) is 2.00. The molecule has 1 saturated carbocycles. The molecule has 2 aliphatic rings. The Kier molecular flexibility index (Phi) is 5.60. The summed E-state index contributed by atoms with van der Waals surface area (Å²) in [5.41, 5.74) is 0.214. The number of para-hydroxylation sites is 1. The number of H-pyrrole nitrogens is 1. The molecule has 4 atom stereocenters. The Balaban J connectivity index is 0.00000196. The van der Waals surface area contributed by atoms with E-state index in [2.05, 4.69) is 20.6 Å². The van der Waals surface area contributed by atoms with Crippen molar-refractivity contribution in [3.8, 4) is 0 Å². The first kappa shape index (κ1) is 18.8. The van der Waals surface area contributed by atoms with E-state index in [1.807, 2.05) is 0 Å². The number of rotatable bonds is 3. The SMILES string of the molecule is CO[C@H]1C[C@@H]2CNC[C@@H]2C[C@@H]1NC(=O)c1nc2ccccc2c(=O)[nH]1.Cl. The van der Waals surface area contributed by atoms with Crippen LogP contribution in [0.2, 0.25) is 0 Å². The fourth-order valence-electron chi connectivity index (χ4n) is 4.12. The van der Waals surface area contributed by atoms with Crippen molar-refractivity contribution in [3.05, 3.63) is 40.4 Å². The summed E-state index contributed by atoms with van der Waals surface area (Å²) in [7, 11) is 1.68. The molecule has 0 spiro atoms. The minimum absolute atomic E-state index is 0. The number of halogens is 1. The topological polar surface area (TPSA) is 96.1 Å². The number of nitrogens with one attached hydrogen (secondary N) is 3. The van der Waals surface area contributed by atoms with Gasteiger partial charge in [-0.2, -0.15) is 0 Å². The maximum atomic E-state index is 12.6. The fraction of sp³-hybridized carbons (Fsp3) is 0.500. The Morgan fingerprint density at radius 3 is 2.73 bits per heavy atom. The minimum atomic E-state index is -0.362. The Hall–Kier alpha value is -1.96. The molecule has 0 unspecified atom stereocenters. The van der Waals surface area contributed by atoms with Crippen molar-refractivity contribution in [2.24, 2.45) is 11.8 Å². The number of methoxy groups -OCH3 is 1. The first-order chi connectivity index (χ1) is 12.2. The van der Waals surface area contributed by atoms with Crippen molar-refractivity contribution >= 4 is 29.2 Å². The maximum absolute atomic E-state index is 12.6. The fourth-order valence-corrected chi connectivity index (χ4v) is 4.12. The van der Waals surface area contributed by atoms with Crippen molar-refractivity contribution in [1.29, 1.82) is 0 Å². The predicted octanol–water partition coefficient (Wildman–Crippen LogP) is 1.09. The van der Waals surface area contributed by atoms with Crippen molar-refractivity contribution < 1.29 is 9.53 Å². The van der Waals surface area contributed by atoms with Gasteiger partial charge < -0.3 is 20.4 Å². The minimum Gasteiger partial charge on any atom is -0.379 e. The van der Waals surface area contributed by atoms with Gasteiger partial charge >= 0.3 is 0 Å². The molecular weight excluding hydrogens is 356 g/mol. The molecule has 0 radical (unpaired) electrons. The Morgan fingerprint density at radius 2 is 1.96 bits per heavy atom. The van der Waals surface area contributed by atoms with Crippen LogP contribution < -0.4 is 16.2 Å². The van der Waals surface area contributed by atoms with E-state index in [1.54, 1.807) is 31.4 Å². The van der Waals surface area contributed by atoms with Gasteiger partial charge in [-0.1, -0.05) is 12.1 Å². The normalized spacial score (nSPS) is 27.6. The van der Waals surface area contributed by atoms with Gasteiger partial charge in [0.25, 0.3) is 11.5 Å². The largest absolute Gasteiger partial charge is 0.379 e. The molecule has 2 aromatic rings. The first-order valence-electron chi connectivity index (χ1n) is 8.69. The van der Waals surface area contributed by atoms with Crippen LogP contribution in [0.4, 0.5) is 0 Å². The zero-order valence-electron chi connectivity index (χ0n) is 14.5. The van der Waals surface area contributed by atoms with Gasteiger partial charge in [-0.25, -0.2) is 4.98 Å². The number of fused-ring (bicyclic) bond motifs is 2. The smallest absolute Gasteiger partial charge is 0.287 e. The van der Waals surface area contributed by atoms with Gasteiger partial charge in [0.15, 0.2) is 5.82 Å². The van der Waals surface area contributed by atoms with Gasteiger partial charge in [-0.15, -0.1) is 12.4 Å². The number of aromatic amines is 1. The molecule has 1 aromatic heterocycles. The average molecular weight is 379 g/mol. The van der Waals surface area contributed by atoms with E-state index in [1.165, 1.54) is 0 Å². The molecular formula is C18H23ClN4O3. The highest BCUT2D eigenvalue weighted by Crippen LogP contribution is 2.34. The van der Waals surface area contributed by atoms with Crippen LogP contribution in [-0.4, -0.2) is 48.2 Å². The summed E-state index contributed by atoms with van der Waals surface area (Å²) < 4.78 is 5.61. The van der Waals surface area contributed by atoms with E-state index in [0.717, 1.165) is 25.9 Å². The van der Waals surface area contributed by atoms with Crippen LogP contribution in [0, 0.1) is 11.8 Å². The Labute approximate surface area is 157 Å². The summed E-state index contributed by atoms with van der Waals surface area (Å²) >= 11 is 0. The van der Waals surface area contributed by atoms with Crippen LogP contribution in [-0.2, 0) is 4.74 Å². The summed E-state index contributed by atoms with van der Waals surface area (Å²) in [5, 5.41) is 6.91. The lowest BCUT2D eigenvalue weighted by Gasteiger charge is -2.37. The van der Waals surface area contributed by atoms with E-state index in [0.29, 0.717) is 22.7 Å². The molecule has 2 fully saturated rings. The quantitative estimate of drug-likeness (QED) is 0.743. The molecule has 0 bridgehead atoms. The zero-order valence-corrected chi connectivity index (χ0v) is 15.3. The number of benzene rings is 1. The Morgan fingerprint density at radius 1 is 1.23 bits per heavy atom. The van der Waals surface area contributed by atoms with Gasteiger partial charge in [0.1, 0.15) is 0 Å². The third-order valence-corrected chi connectivity index (χ3v) is 5.47. The van der Waals surface area contributed by atoms with Gasteiger partial charge in [0.2, 0.25) is 0 Å². The Bertz CT molecular complexity index is 856. The van der Waals surface area contributed by atoms with Crippen LogP contribution in [0.5, 0.6) is 0 Å². The van der Waals surface area contributed by atoms with Crippen LogP contribution in [0.1, 0.15) is 23.5 Å². The second-order valence-corrected chi connectivity index (χ2v) is 6.94. The predicted molar refractivity (Wildman–Crippen MR) is 101 cm³/mol. The molecule has 1 saturated heterocycles. The number of carbonyl (C=O) groups excluding carboxylic acids is 1. The molecule has 7 nitrogen and oxygen atoms in total. The molecule has 8 heteroatoms. The number of ether oxygens (including phenoxy) is 1. The van der Waals surface area contributed by atoms with E-state index < -0.39 is 0 Å². The third-order valence-electron chi connectivity index (χ3n) is 5.47.